The third kappa shape index (κ3) is 3.63. The summed E-state index contributed by atoms with van der Waals surface area (Å²) >= 11 is 0. The summed E-state index contributed by atoms with van der Waals surface area (Å²) in [5.41, 5.74) is 1.79. The molecule has 1 N–H and O–H groups in total. The highest BCUT2D eigenvalue weighted by molar-refractivity contribution is 5.76. The van der Waals surface area contributed by atoms with E-state index in [0.29, 0.717) is 5.69 Å². The van der Waals surface area contributed by atoms with Crippen molar-refractivity contribution in [2.24, 2.45) is 0 Å². The zero-order chi connectivity index (χ0) is 19.8. The van der Waals surface area contributed by atoms with E-state index in [-0.39, 0.29) is 16.7 Å². The Labute approximate surface area is 153 Å². The largest absolute Gasteiger partial charge is 0.416 e. The summed E-state index contributed by atoms with van der Waals surface area (Å²) in [7, 11) is 0. The first-order chi connectivity index (χ1) is 12.7. The number of alkyl halides is 3. The first-order valence-electron chi connectivity index (χ1n) is 8.13. The van der Waals surface area contributed by atoms with E-state index in [9.17, 15) is 23.2 Å². The minimum Gasteiger partial charge on any atom is -0.321 e. The van der Waals surface area contributed by atoms with E-state index in [1.165, 1.54) is 12.1 Å². The minimum atomic E-state index is -4.51. The minimum absolute atomic E-state index is 0.165. The van der Waals surface area contributed by atoms with Gasteiger partial charge in [-0.3, -0.25) is 4.79 Å². The summed E-state index contributed by atoms with van der Waals surface area (Å²) in [6.07, 6.45) is -4.51. The third-order valence-electron chi connectivity index (χ3n) is 4.32. The lowest BCUT2D eigenvalue weighted by Gasteiger charge is -2.12. The van der Waals surface area contributed by atoms with E-state index in [0.717, 1.165) is 28.8 Å². The van der Waals surface area contributed by atoms with Gasteiger partial charge in [0.2, 0.25) is 0 Å². The van der Waals surface area contributed by atoms with E-state index < -0.39 is 17.3 Å². The number of nitriles is 1. The van der Waals surface area contributed by atoms with Crippen molar-refractivity contribution in [3.8, 4) is 28.5 Å². The molecule has 0 radical (unpaired) electrons. The van der Waals surface area contributed by atoms with Gasteiger partial charge in [-0.05, 0) is 43.2 Å². The molecule has 0 saturated heterocycles. The molecule has 0 fully saturated rings. The van der Waals surface area contributed by atoms with Crippen molar-refractivity contribution in [2.45, 2.75) is 20.0 Å². The fourth-order valence-corrected chi connectivity index (χ4v) is 3.02. The molecular weight excluding hydrogens is 353 g/mol. The summed E-state index contributed by atoms with van der Waals surface area (Å²) in [6, 6.07) is 13.6. The molecule has 3 aromatic rings. The van der Waals surface area contributed by atoms with Crippen LogP contribution in [0.2, 0.25) is 0 Å². The molecule has 3 rings (SSSR count). The van der Waals surface area contributed by atoms with Crippen LogP contribution in [-0.2, 0) is 6.18 Å². The Morgan fingerprint density at radius 1 is 1.00 bits per heavy atom. The Morgan fingerprint density at radius 3 is 2.37 bits per heavy atom. The standard InChI is InChI=1S/C21H15F3N2O/c1-12-6-7-16(13(2)8-12)19-10-17(18(11-25)20(27)26-19)14-4-3-5-15(9-14)21(22,23)24/h3-10H,1-2H3,(H,26,27). The van der Waals surface area contributed by atoms with Crippen LogP contribution in [0.3, 0.4) is 0 Å². The lowest BCUT2D eigenvalue weighted by molar-refractivity contribution is -0.137. The lowest BCUT2D eigenvalue weighted by Crippen LogP contribution is -2.13. The number of hydrogen-bond donors (Lipinski definition) is 1. The number of nitrogens with zero attached hydrogens (tertiary/aromatic N) is 1. The highest BCUT2D eigenvalue weighted by Gasteiger charge is 2.30. The van der Waals surface area contributed by atoms with E-state index in [4.69, 9.17) is 0 Å². The molecule has 0 spiro atoms. The first kappa shape index (κ1) is 18.5. The Kier molecular flexibility index (Phi) is 4.63. The van der Waals surface area contributed by atoms with Gasteiger partial charge in [0.1, 0.15) is 11.6 Å². The SMILES string of the molecule is Cc1ccc(-c2cc(-c3cccc(C(F)(F)F)c3)c(C#N)c(=O)[nH]2)c(C)c1. The molecule has 136 valence electrons. The molecule has 3 nitrogen and oxygen atoms in total. The molecule has 0 atom stereocenters. The van der Waals surface area contributed by atoms with Crippen molar-refractivity contribution in [2.75, 3.05) is 0 Å². The van der Waals surface area contributed by atoms with Crippen molar-refractivity contribution in [1.29, 1.82) is 5.26 Å². The Balaban J connectivity index is 2.26. The van der Waals surface area contributed by atoms with Gasteiger partial charge in [-0.2, -0.15) is 18.4 Å². The molecule has 0 amide bonds. The quantitative estimate of drug-likeness (QED) is 0.674. The first-order valence-corrected chi connectivity index (χ1v) is 8.13. The second kappa shape index (κ2) is 6.76. The zero-order valence-corrected chi connectivity index (χ0v) is 14.6. The van der Waals surface area contributed by atoms with Gasteiger partial charge in [-0.1, -0.05) is 35.9 Å². The van der Waals surface area contributed by atoms with Gasteiger partial charge in [-0.15, -0.1) is 0 Å². The number of aryl methyl sites for hydroxylation is 2. The van der Waals surface area contributed by atoms with Crippen LogP contribution in [0.25, 0.3) is 22.4 Å². The van der Waals surface area contributed by atoms with Crippen molar-refractivity contribution >= 4 is 0 Å². The van der Waals surface area contributed by atoms with Crippen molar-refractivity contribution in [3.05, 3.63) is 81.1 Å². The van der Waals surface area contributed by atoms with Gasteiger partial charge in [-0.25, -0.2) is 0 Å². The summed E-state index contributed by atoms with van der Waals surface area (Å²) in [5, 5.41) is 9.35. The van der Waals surface area contributed by atoms with Crippen LogP contribution in [0.15, 0.2) is 53.3 Å². The van der Waals surface area contributed by atoms with Gasteiger partial charge in [0.05, 0.1) is 5.56 Å². The predicted molar refractivity (Wildman–Crippen MR) is 97.1 cm³/mol. The fraction of sp³-hybridized carbons (Fsp3) is 0.143. The Bertz CT molecular complexity index is 1120. The highest BCUT2D eigenvalue weighted by Crippen LogP contribution is 2.34. The molecule has 0 unspecified atom stereocenters. The summed E-state index contributed by atoms with van der Waals surface area (Å²) in [4.78, 5) is 15.1. The molecule has 0 aliphatic carbocycles. The number of hydrogen-bond acceptors (Lipinski definition) is 2. The van der Waals surface area contributed by atoms with Gasteiger partial charge in [0.15, 0.2) is 0 Å². The van der Waals surface area contributed by atoms with Crippen LogP contribution in [0.4, 0.5) is 13.2 Å². The molecule has 0 saturated carbocycles. The van der Waals surface area contributed by atoms with Crippen LogP contribution in [0, 0.1) is 25.2 Å². The van der Waals surface area contributed by atoms with Crippen LogP contribution >= 0.6 is 0 Å². The topological polar surface area (TPSA) is 56.6 Å². The van der Waals surface area contributed by atoms with E-state index in [1.807, 2.05) is 32.0 Å². The van der Waals surface area contributed by atoms with Crippen molar-refractivity contribution < 1.29 is 13.2 Å². The lowest BCUT2D eigenvalue weighted by atomic mass is 9.96. The fourth-order valence-electron chi connectivity index (χ4n) is 3.02. The summed E-state index contributed by atoms with van der Waals surface area (Å²) in [6.45, 7) is 3.81. The van der Waals surface area contributed by atoms with Gasteiger partial charge >= 0.3 is 6.18 Å². The number of aromatic nitrogens is 1. The number of pyridine rings is 1. The second-order valence-corrected chi connectivity index (χ2v) is 6.31. The van der Waals surface area contributed by atoms with Gasteiger partial charge in [0.25, 0.3) is 5.56 Å². The number of aromatic amines is 1. The van der Waals surface area contributed by atoms with Crippen molar-refractivity contribution in [1.82, 2.24) is 4.98 Å². The smallest absolute Gasteiger partial charge is 0.321 e. The monoisotopic (exact) mass is 368 g/mol. The normalized spacial score (nSPS) is 11.3. The van der Waals surface area contributed by atoms with Crippen molar-refractivity contribution in [3.63, 3.8) is 0 Å². The maximum Gasteiger partial charge on any atom is 0.416 e. The van der Waals surface area contributed by atoms with Gasteiger partial charge in [0, 0.05) is 16.8 Å². The molecule has 0 aliphatic heterocycles. The third-order valence-corrected chi connectivity index (χ3v) is 4.32. The molecule has 0 bridgehead atoms. The van der Waals surface area contributed by atoms with Crippen LogP contribution in [0.5, 0.6) is 0 Å². The number of nitrogens with one attached hydrogen (secondary N) is 1. The summed E-state index contributed by atoms with van der Waals surface area (Å²) < 4.78 is 39.1. The second-order valence-electron chi connectivity index (χ2n) is 6.31. The number of halogens is 3. The molecule has 1 aromatic heterocycles. The number of rotatable bonds is 2. The van der Waals surface area contributed by atoms with E-state index in [2.05, 4.69) is 4.98 Å². The van der Waals surface area contributed by atoms with Crippen LogP contribution < -0.4 is 5.56 Å². The summed E-state index contributed by atoms with van der Waals surface area (Å²) in [5.74, 6) is 0. The Hall–Kier alpha value is -3.33. The van der Waals surface area contributed by atoms with E-state index in [1.54, 1.807) is 12.1 Å². The van der Waals surface area contributed by atoms with E-state index >= 15 is 0 Å². The van der Waals surface area contributed by atoms with Gasteiger partial charge < -0.3 is 4.98 Å². The molecule has 2 aromatic carbocycles. The zero-order valence-electron chi connectivity index (χ0n) is 14.6. The van der Waals surface area contributed by atoms with Crippen LogP contribution in [-0.4, -0.2) is 4.98 Å². The maximum absolute atomic E-state index is 13.0. The maximum atomic E-state index is 13.0. The number of H-pyrrole nitrogens is 1. The van der Waals surface area contributed by atoms with Crippen LogP contribution in [0.1, 0.15) is 22.3 Å². The Morgan fingerprint density at radius 2 is 1.74 bits per heavy atom. The molecule has 1 heterocycles. The average molecular weight is 368 g/mol. The highest BCUT2D eigenvalue weighted by atomic mass is 19.4. The molecule has 6 heteroatoms. The molecule has 0 aliphatic rings. The predicted octanol–water partition coefficient (Wildman–Crippen LogP) is 5.22. The molecular formula is C21H15F3N2O. The number of benzene rings is 2. The molecule has 27 heavy (non-hydrogen) atoms. The average Bonchev–Trinajstić information content (AvgIpc) is 2.60.